The molecule has 6 rings (SSSR count). The lowest BCUT2D eigenvalue weighted by atomic mass is 9.96. The Labute approximate surface area is 219 Å². The molecule has 0 spiro atoms. The van der Waals surface area contributed by atoms with Crippen LogP contribution in [0.15, 0.2) is 60.7 Å². The molecule has 0 radical (unpaired) electrons. The number of rotatable bonds is 7. The van der Waals surface area contributed by atoms with Gasteiger partial charge in [0.25, 0.3) is 0 Å². The number of hydrogen-bond acceptors (Lipinski definition) is 4. The minimum absolute atomic E-state index is 0. The number of nitrogens with zero attached hydrogens (tertiary/aromatic N) is 1. The van der Waals surface area contributed by atoms with Gasteiger partial charge in [0.2, 0.25) is 6.79 Å². The lowest BCUT2D eigenvalue weighted by Gasteiger charge is -2.26. The van der Waals surface area contributed by atoms with E-state index in [9.17, 15) is 4.79 Å². The number of Topliss-reactive ketones (excluding diaryl/α,β-unsaturated/α-hetero) is 1. The average molecular weight is 502 g/mol. The summed E-state index contributed by atoms with van der Waals surface area (Å²) in [5.74, 6) is 1.80. The average Bonchev–Trinajstić information content (AvgIpc) is 3.49. The third kappa shape index (κ3) is 4.93. The van der Waals surface area contributed by atoms with Gasteiger partial charge in [-0.2, -0.15) is 0 Å². The fourth-order valence-corrected chi connectivity index (χ4v) is 5.55. The first-order chi connectivity index (χ1) is 17.3. The number of halogens is 1. The summed E-state index contributed by atoms with van der Waals surface area (Å²) in [4.78, 5) is 15.6. The van der Waals surface area contributed by atoms with Crippen LogP contribution in [0.5, 0.6) is 11.5 Å². The molecule has 1 aliphatic carbocycles. The van der Waals surface area contributed by atoms with E-state index in [4.69, 9.17) is 9.47 Å². The largest absolute Gasteiger partial charge is 0.454 e. The number of likely N-dealkylation sites (tertiary alicyclic amines) is 1. The molecule has 3 aromatic rings. The molecule has 0 bridgehead atoms. The van der Waals surface area contributed by atoms with Gasteiger partial charge in [-0.15, -0.1) is 12.4 Å². The first-order valence-corrected chi connectivity index (χ1v) is 12.9. The van der Waals surface area contributed by atoms with Crippen LogP contribution in [-0.2, 0) is 0 Å². The number of carbonyl (C=O) groups excluding carboxylic acids is 1. The van der Waals surface area contributed by atoms with Crippen LogP contribution >= 0.6 is 12.4 Å². The van der Waals surface area contributed by atoms with Crippen LogP contribution in [0.3, 0.4) is 0 Å². The third-order valence-electron chi connectivity index (χ3n) is 7.42. The van der Waals surface area contributed by atoms with Crippen LogP contribution < -0.4 is 9.47 Å². The molecular formula is C31H32ClNO3. The number of hydrogen-bond donors (Lipinski definition) is 0. The van der Waals surface area contributed by atoms with Gasteiger partial charge in [-0.05, 0) is 103 Å². The summed E-state index contributed by atoms with van der Waals surface area (Å²) in [5, 5.41) is 0. The number of fused-ring (bicyclic) bond motifs is 4. The molecule has 186 valence electrons. The van der Waals surface area contributed by atoms with Crippen molar-refractivity contribution in [3.05, 3.63) is 82.9 Å². The molecule has 2 heterocycles. The van der Waals surface area contributed by atoms with E-state index in [-0.39, 0.29) is 25.0 Å². The number of ether oxygens (including phenoxy) is 2. The number of piperidine rings is 1. The Bertz CT molecular complexity index is 1290. The normalized spacial score (nSPS) is 16.9. The van der Waals surface area contributed by atoms with Gasteiger partial charge < -0.3 is 14.4 Å². The van der Waals surface area contributed by atoms with E-state index >= 15 is 0 Å². The summed E-state index contributed by atoms with van der Waals surface area (Å²) in [6, 6.07) is 20.7. The molecule has 0 unspecified atom stereocenters. The number of carbonyl (C=O) groups is 1. The Kier molecular flexibility index (Phi) is 7.45. The van der Waals surface area contributed by atoms with E-state index in [1.807, 2.05) is 18.2 Å². The number of benzene rings is 3. The highest BCUT2D eigenvalue weighted by molar-refractivity contribution is 6.08. The fourth-order valence-electron chi connectivity index (χ4n) is 5.55. The van der Waals surface area contributed by atoms with Gasteiger partial charge in [0.15, 0.2) is 17.3 Å². The van der Waals surface area contributed by atoms with Gasteiger partial charge in [-0.1, -0.05) is 48.9 Å². The molecule has 1 fully saturated rings. The van der Waals surface area contributed by atoms with Crippen molar-refractivity contribution in [1.82, 2.24) is 4.90 Å². The van der Waals surface area contributed by atoms with Crippen molar-refractivity contribution in [2.75, 3.05) is 26.4 Å². The lowest BCUT2D eigenvalue weighted by molar-refractivity contribution is 0.0977. The first-order valence-electron chi connectivity index (χ1n) is 12.9. The molecule has 1 saturated heterocycles. The van der Waals surface area contributed by atoms with Gasteiger partial charge in [0, 0.05) is 12.0 Å². The molecule has 3 aromatic carbocycles. The van der Waals surface area contributed by atoms with Crippen molar-refractivity contribution in [2.24, 2.45) is 0 Å². The highest BCUT2D eigenvalue weighted by Gasteiger charge is 2.24. The first kappa shape index (κ1) is 24.6. The summed E-state index contributed by atoms with van der Waals surface area (Å²) in [6.07, 6.45) is 8.85. The quantitative estimate of drug-likeness (QED) is 0.197. The van der Waals surface area contributed by atoms with Crippen LogP contribution in [0, 0.1) is 0 Å². The Hall–Kier alpha value is -3.08. The molecule has 0 saturated carbocycles. The monoisotopic (exact) mass is 501 g/mol. The van der Waals surface area contributed by atoms with Gasteiger partial charge in [-0.25, -0.2) is 0 Å². The predicted molar refractivity (Wildman–Crippen MR) is 147 cm³/mol. The van der Waals surface area contributed by atoms with Crippen LogP contribution in [-0.4, -0.2) is 37.1 Å². The Morgan fingerprint density at radius 2 is 1.58 bits per heavy atom. The van der Waals surface area contributed by atoms with E-state index in [1.54, 1.807) is 0 Å². The third-order valence-corrected chi connectivity index (χ3v) is 7.42. The molecule has 0 aromatic heterocycles. The highest BCUT2D eigenvalue weighted by atomic mass is 35.5. The molecule has 0 N–H and O–H groups in total. The van der Waals surface area contributed by atoms with Crippen molar-refractivity contribution in [1.29, 1.82) is 0 Å². The number of ketones is 1. The van der Waals surface area contributed by atoms with Crippen molar-refractivity contribution in [3.63, 3.8) is 0 Å². The zero-order valence-corrected chi connectivity index (χ0v) is 21.3. The summed E-state index contributed by atoms with van der Waals surface area (Å²) in [7, 11) is 0. The van der Waals surface area contributed by atoms with Crippen molar-refractivity contribution in [3.8, 4) is 22.6 Å². The Balaban J connectivity index is 0.00000267. The lowest BCUT2D eigenvalue weighted by Crippen LogP contribution is -2.30. The fraction of sp³-hybridized carbons (Fsp3) is 0.323. The second-order valence-electron chi connectivity index (χ2n) is 9.76. The predicted octanol–water partition coefficient (Wildman–Crippen LogP) is 7.25. The van der Waals surface area contributed by atoms with Crippen LogP contribution in [0.2, 0.25) is 0 Å². The zero-order valence-electron chi connectivity index (χ0n) is 20.5. The van der Waals surface area contributed by atoms with Gasteiger partial charge in [-0.3, -0.25) is 4.79 Å². The minimum Gasteiger partial charge on any atom is -0.454 e. The van der Waals surface area contributed by atoms with Gasteiger partial charge in [0.05, 0.1) is 0 Å². The van der Waals surface area contributed by atoms with E-state index in [2.05, 4.69) is 53.4 Å². The van der Waals surface area contributed by atoms with Crippen LogP contribution in [0.4, 0.5) is 0 Å². The minimum atomic E-state index is 0. The van der Waals surface area contributed by atoms with E-state index < -0.39 is 0 Å². The molecule has 3 aliphatic rings. The summed E-state index contributed by atoms with van der Waals surface area (Å²) in [5.41, 5.74) is 7.75. The van der Waals surface area contributed by atoms with E-state index in [1.165, 1.54) is 49.0 Å². The topological polar surface area (TPSA) is 38.8 Å². The molecule has 4 nitrogen and oxygen atoms in total. The second kappa shape index (κ2) is 10.9. The highest BCUT2D eigenvalue weighted by Crippen LogP contribution is 2.46. The standard InChI is InChI=1S/C31H31NO3.ClH/c33-29(10-4-7-17-32-15-5-1-6-16-32)23-12-13-26-24-8-2-3-9-25(24)27(28(26)20-23)18-22-11-14-30-31(19-22)35-21-34-30;/h2-3,8-9,11-14,18-20H,1,4-7,10,15-17,21H2;1H/b27-18-;. The Morgan fingerprint density at radius 1 is 0.806 bits per heavy atom. The summed E-state index contributed by atoms with van der Waals surface area (Å²) >= 11 is 0. The summed E-state index contributed by atoms with van der Waals surface area (Å²) < 4.78 is 11.0. The van der Waals surface area contributed by atoms with Gasteiger partial charge in [0.1, 0.15) is 0 Å². The maximum Gasteiger partial charge on any atom is 0.231 e. The second-order valence-corrected chi connectivity index (χ2v) is 9.76. The molecule has 0 amide bonds. The molecule has 0 atom stereocenters. The molecule has 2 aliphatic heterocycles. The molecular weight excluding hydrogens is 470 g/mol. The molecule has 5 heteroatoms. The van der Waals surface area contributed by atoms with Crippen LogP contribution in [0.1, 0.15) is 65.6 Å². The van der Waals surface area contributed by atoms with E-state index in [0.717, 1.165) is 53.1 Å². The maximum atomic E-state index is 13.1. The SMILES string of the molecule is Cl.O=C(CCCCN1CCCCC1)c1ccc2c(c1)/C(=C\c1ccc3c(c1)OCO3)c1ccccc1-2. The van der Waals surface area contributed by atoms with Crippen molar-refractivity contribution < 1.29 is 14.3 Å². The number of unbranched alkanes of at least 4 members (excludes halogenated alkanes) is 1. The smallest absolute Gasteiger partial charge is 0.231 e. The zero-order chi connectivity index (χ0) is 23.6. The van der Waals surface area contributed by atoms with Crippen molar-refractivity contribution in [2.45, 2.75) is 38.5 Å². The summed E-state index contributed by atoms with van der Waals surface area (Å²) in [6.45, 7) is 3.83. The Morgan fingerprint density at radius 3 is 2.44 bits per heavy atom. The molecule has 36 heavy (non-hydrogen) atoms. The maximum absolute atomic E-state index is 13.1. The van der Waals surface area contributed by atoms with Crippen molar-refractivity contribution >= 4 is 29.8 Å². The van der Waals surface area contributed by atoms with Crippen LogP contribution in [0.25, 0.3) is 22.8 Å². The van der Waals surface area contributed by atoms with Gasteiger partial charge >= 0.3 is 0 Å². The van der Waals surface area contributed by atoms with E-state index in [0.29, 0.717) is 6.42 Å².